The lowest BCUT2D eigenvalue weighted by Crippen LogP contribution is -2.47. The molecule has 0 spiro atoms. The highest BCUT2D eigenvalue weighted by Gasteiger charge is 2.31. The summed E-state index contributed by atoms with van der Waals surface area (Å²) in [6, 6.07) is 4.84. The summed E-state index contributed by atoms with van der Waals surface area (Å²) >= 11 is 0. The van der Waals surface area contributed by atoms with Crippen LogP contribution in [-0.2, 0) is 26.0 Å². The molecule has 1 fully saturated rings. The highest BCUT2D eigenvalue weighted by atomic mass is 32.2. The number of benzene rings is 1. The van der Waals surface area contributed by atoms with Crippen molar-refractivity contribution < 1.29 is 22.7 Å². The van der Waals surface area contributed by atoms with Gasteiger partial charge in [0.15, 0.2) is 6.10 Å². The van der Waals surface area contributed by atoms with Crippen molar-refractivity contribution in [3.63, 3.8) is 0 Å². The fourth-order valence-electron chi connectivity index (χ4n) is 3.00. The summed E-state index contributed by atoms with van der Waals surface area (Å²) in [5.41, 5.74) is 0.811. The highest BCUT2D eigenvalue weighted by Crippen LogP contribution is 2.31. The van der Waals surface area contributed by atoms with E-state index in [9.17, 15) is 13.2 Å². The molecule has 0 bridgehead atoms. The number of fused-ring (bicyclic) bond motifs is 1. The van der Waals surface area contributed by atoms with Gasteiger partial charge in [-0.3, -0.25) is 0 Å². The van der Waals surface area contributed by atoms with Crippen LogP contribution in [0.3, 0.4) is 0 Å². The minimum Gasteiger partial charge on any atom is -0.478 e. The number of piperazine rings is 1. The van der Waals surface area contributed by atoms with Crippen LogP contribution in [0.15, 0.2) is 23.1 Å². The quantitative estimate of drug-likeness (QED) is 0.736. The second-order valence-electron chi connectivity index (χ2n) is 6.15. The Balaban J connectivity index is 1.80. The van der Waals surface area contributed by atoms with Crippen molar-refractivity contribution in [2.45, 2.75) is 23.8 Å². The Morgan fingerprint density at radius 1 is 1.25 bits per heavy atom. The van der Waals surface area contributed by atoms with Gasteiger partial charge in [-0.2, -0.15) is 4.31 Å². The van der Waals surface area contributed by atoms with Gasteiger partial charge in [-0.15, -0.1) is 0 Å². The average molecular weight is 354 g/mol. The zero-order chi connectivity index (χ0) is 17.3. The Labute approximate surface area is 142 Å². The smallest absolute Gasteiger partial charge is 0.347 e. The number of methoxy groups -OCH3 is 1. The summed E-state index contributed by atoms with van der Waals surface area (Å²) in [5, 5.41) is 0. The second kappa shape index (κ2) is 6.70. The molecule has 0 amide bonds. The van der Waals surface area contributed by atoms with E-state index in [2.05, 4.69) is 4.90 Å². The minimum absolute atomic E-state index is 0.283. The van der Waals surface area contributed by atoms with Crippen molar-refractivity contribution in [3.05, 3.63) is 23.8 Å². The summed E-state index contributed by atoms with van der Waals surface area (Å²) in [5.74, 6) is 0.142. The third kappa shape index (κ3) is 3.26. The van der Waals surface area contributed by atoms with Gasteiger partial charge in [0, 0.05) is 26.2 Å². The molecule has 0 N–H and O–H groups in total. The van der Waals surface area contributed by atoms with Crippen molar-refractivity contribution >= 4 is 16.0 Å². The minimum atomic E-state index is -3.49. The molecule has 2 aliphatic heterocycles. The van der Waals surface area contributed by atoms with Crippen LogP contribution in [0, 0.1) is 0 Å². The Kier molecular flexibility index (Phi) is 4.80. The van der Waals surface area contributed by atoms with Crippen LogP contribution in [0.5, 0.6) is 5.75 Å². The molecular weight excluding hydrogens is 332 g/mol. The molecule has 1 unspecified atom stereocenters. The number of nitrogens with zero attached hydrogens (tertiary/aromatic N) is 2. The van der Waals surface area contributed by atoms with Gasteiger partial charge in [0.25, 0.3) is 0 Å². The predicted octanol–water partition coefficient (Wildman–Crippen LogP) is 0.489. The summed E-state index contributed by atoms with van der Waals surface area (Å²) < 4.78 is 37.4. The molecule has 132 valence electrons. The lowest BCUT2D eigenvalue weighted by atomic mass is 10.0. The van der Waals surface area contributed by atoms with Crippen LogP contribution < -0.4 is 4.74 Å². The molecule has 7 nitrogen and oxygen atoms in total. The molecule has 2 heterocycles. The molecule has 0 aromatic heterocycles. The van der Waals surface area contributed by atoms with Crippen LogP contribution >= 0.6 is 0 Å². The zero-order valence-electron chi connectivity index (χ0n) is 13.9. The molecule has 1 atom stereocenters. The standard InChI is InChI=1S/C16H22N2O5S/c1-17-7-9-18(10-8-17)24(20,21)13-4-6-14-12(11-13)3-5-15(23-14)16(19)22-2/h4,6,11,15H,3,5,7-10H2,1-2H3. The van der Waals surface area contributed by atoms with Gasteiger partial charge in [-0.25, -0.2) is 13.2 Å². The number of carbonyl (C=O) groups excluding carboxylic acids is 1. The van der Waals surface area contributed by atoms with Crippen molar-refractivity contribution in [3.8, 4) is 5.75 Å². The fraction of sp³-hybridized carbons (Fsp3) is 0.562. The normalized spacial score (nSPS) is 22.5. The number of rotatable bonds is 3. The van der Waals surface area contributed by atoms with Crippen molar-refractivity contribution in [1.82, 2.24) is 9.21 Å². The van der Waals surface area contributed by atoms with E-state index in [0.29, 0.717) is 31.7 Å². The molecular formula is C16H22N2O5S. The van der Waals surface area contributed by atoms with Crippen LogP contribution in [0.2, 0.25) is 0 Å². The summed E-state index contributed by atoms with van der Waals surface area (Å²) in [6.07, 6.45) is 0.446. The lowest BCUT2D eigenvalue weighted by molar-refractivity contribution is -0.149. The van der Waals surface area contributed by atoms with Gasteiger partial charge in [-0.05, 0) is 43.7 Å². The first kappa shape index (κ1) is 17.2. The van der Waals surface area contributed by atoms with E-state index >= 15 is 0 Å². The van der Waals surface area contributed by atoms with Gasteiger partial charge in [0.05, 0.1) is 12.0 Å². The molecule has 1 aromatic carbocycles. The third-order valence-corrected chi connectivity index (χ3v) is 6.44. The molecule has 2 aliphatic rings. The first-order valence-electron chi connectivity index (χ1n) is 7.98. The van der Waals surface area contributed by atoms with E-state index in [4.69, 9.17) is 9.47 Å². The van der Waals surface area contributed by atoms with E-state index in [1.807, 2.05) is 7.05 Å². The number of hydrogen-bond donors (Lipinski definition) is 0. The van der Waals surface area contributed by atoms with Gasteiger partial charge >= 0.3 is 5.97 Å². The maximum Gasteiger partial charge on any atom is 0.347 e. The number of likely N-dealkylation sites (N-methyl/N-ethyl adjacent to an activating group) is 1. The zero-order valence-corrected chi connectivity index (χ0v) is 14.7. The van der Waals surface area contributed by atoms with E-state index < -0.39 is 22.1 Å². The predicted molar refractivity (Wildman–Crippen MR) is 87.5 cm³/mol. The third-order valence-electron chi connectivity index (χ3n) is 4.54. The topological polar surface area (TPSA) is 76.2 Å². The molecule has 0 aliphatic carbocycles. The number of sulfonamides is 1. The molecule has 0 radical (unpaired) electrons. The van der Waals surface area contributed by atoms with E-state index in [0.717, 1.165) is 18.7 Å². The summed E-state index contributed by atoms with van der Waals surface area (Å²) in [7, 11) is -0.184. The molecule has 8 heteroatoms. The molecule has 24 heavy (non-hydrogen) atoms. The maximum absolute atomic E-state index is 12.8. The molecule has 1 saturated heterocycles. The number of hydrogen-bond acceptors (Lipinski definition) is 6. The average Bonchev–Trinajstić information content (AvgIpc) is 2.60. The van der Waals surface area contributed by atoms with Crippen molar-refractivity contribution in [1.29, 1.82) is 0 Å². The second-order valence-corrected chi connectivity index (χ2v) is 8.08. The van der Waals surface area contributed by atoms with E-state index in [-0.39, 0.29) is 4.90 Å². The number of esters is 1. The monoisotopic (exact) mass is 354 g/mol. The first-order valence-corrected chi connectivity index (χ1v) is 9.42. The highest BCUT2D eigenvalue weighted by molar-refractivity contribution is 7.89. The number of aryl methyl sites for hydroxylation is 1. The van der Waals surface area contributed by atoms with Crippen molar-refractivity contribution in [2.24, 2.45) is 0 Å². The molecule has 1 aromatic rings. The first-order chi connectivity index (χ1) is 11.4. The fourth-order valence-corrected chi connectivity index (χ4v) is 4.47. The van der Waals surface area contributed by atoms with Crippen LogP contribution in [0.4, 0.5) is 0 Å². The maximum atomic E-state index is 12.8. The Bertz CT molecular complexity index is 726. The Hall–Kier alpha value is -1.64. The summed E-state index contributed by atoms with van der Waals surface area (Å²) in [4.78, 5) is 14.0. The van der Waals surface area contributed by atoms with Gasteiger partial charge in [0.2, 0.25) is 10.0 Å². The van der Waals surface area contributed by atoms with E-state index in [1.165, 1.54) is 11.4 Å². The summed E-state index contributed by atoms with van der Waals surface area (Å²) in [6.45, 7) is 2.45. The number of carbonyl (C=O) groups is 1. The lowest BCUT2D eigenvalue weighted by Gasteiger charge is -2.32. The molecule has 0 saturated carbocycles. The SMILES string of the molecule is COC(=O)C1CCc2cc(S(=O)(=O)N3CCN(C)CC3)ccc2O1. The van der Waals surface area contributed by atoms with Gasteiger partial charge < -0.3 is 14.4 Å². The molecule has 3 rings (SSSR count). The van der Waals surface area contributed by atoms with Gasteiger partial charge in [0.1, 0.15) is 5.75 Å². The van der Waals surface area contributed by atoms with Crippen LogP contribution in [-0.4, -0.2) is 70.0 Å². The van der Waals surface area contributed by atoms with Crippen LogP contribution in [0.1, 0.15) is 12.0 Å². The number of ether oxygens (including phenoxy) is 2. The Morgan fingerprint density at radius 3 is 2.62 bits per heavy atom. The Morgan fingerprint density at radius 2 is 1.96 bits per heavy atom. The largest absolute Gasteiger partial charge is 0.478 e. The van der Waals surface area contributed by atoms with E-state index in [1.54, 1.807) is 18.2 Å². The van der Waals surface area contributed by atoms with Crippen LogP contribution in [0.25, 0.3) is 0 Å². The van der Waals surface area contributed by atoms with Crippen molar-refractivity contribution in [2.75, 3.05) is 40.3 Å². The van der Waals surface area contributed by atoms with Gasteiger partial charge in [-0.1, -0.05) is 0 Å².